The predicted octanol–water partition coefficient (Wildman–Crippen LogP) is 3.86. The minimum atomic E-state index is -0.633. The Morgan fingerprint density at radius 1 is 1.20 bits per heavy atom. The van der Waals surface area contributed by atoms with Crippen LogP contribution in [0.25, 0.3) is 0 Å². The summed E-state index contributed by atoms with van der Waals surface area (Å²) in [5, 5.41) is 3.73. The van der Waals surface area contributed by atoms with Crippen LogP contribution in [0.15, 0.2) is 18.2 Å². The van der Waals surface area contributed by atoms with E-state index in [4.69, 9.17) is 32.7 Å². The van der Waals surface area contributed by atoms with Crippen LogP contribution in [0.3, 0.4) is 0 Å². The van der Waals surface area contributed by atoms with Gasteiger partial charge in [-0.1, -0.05) is 49.9 Å². The Hall–Kier alpha value is -1.46. The summed E-state index contributed by atoms with van der Waals surface area (Å²) in [6.45, 7) is 3.70. The molecule has 0 heterocycles. The highest BCUT2D eigenvalue weighted by atomic mass is 35.5. The third kappa shape index (κ3) is 6.08. The van der Waals surface area contributed by atoms with Crippen molar-refractivity contribution < 1.29 is 19.1 Å². The Bertz CT molecular complexity index is 623. The van der Waals surface area contributed by atoms with Gasteiger partial charge in [0.25, 0.3) is 5.91 Å². The number of hydrogen-bond acceptors (Lipinski definition) is 4. The van der Waals surface area contributed by atoms with Crippen molar-refractivity contribution in [3.63, 3.8) is 0 Å². The van der Waals surface area contributed by atoms with E-state index < -0.39 is 5.97 Å². The maximum Gasteiger partial charge on any atom is 0.344 e. The van der Waals surface area contributed by atoms with Gasteiger partial charge >= 0.3 is 5.97 Å². The molecule has 1 saturated carbocycles. The Morgan fingerprint density at radius 2 is 1.96 bits per heavy atom. The van der Waals surface area contributed by atoms with Crippen LogP contribution < -0.4 is 10.1 Å². The van der Waals surface area contributed by atoms with Crippen molar-refractivity contribution in [1.29, 1.82) is 0 Å². The van der Waals surface area contributed by atoms with E-state index in [0.29, 0.717) is 27.6 Å². The fraction of sp³-hybridized carbons (Fsp3) is 0.556. The lowest BCUT2D eigenvalue weighted by molar-refractivity contribution is -0.150. The number of rotatable bonds is 6. The van der Waals surface area contributed by atoms with E-state index in [1.54, 1.807) is 12.1 Å². The van der Waals surface area contributed by atoms with Gasteiger partial charge in [-0.3, -0.25) is 4.79 Å². The van der Waals surface area contributed by atoms with Gasteiger partial charge in [0.05, 0.1) is 5.02 Å². The van der Waals surface area contributed by atoms with Gasteiger partial charge in [-0.2, -0.15) is 0 Å². The lowest BCUT2D eigenvalue weighted by Gasteiger charge is -2.34. The highest BCUT2D eigenvalue weighted by Gasteiger charge is 2.28. The molecule has 1 aliphatic carbocycles. The molecule has 0 radical (unpaired) electrons. The Labute approximate surface area is 158 Å². The monoisotopic (exact) mass is 387 g/mol. The van der Waals surface area contributed by atoms with Crippen LogP contribution in [0.5, 0.6) is 5.75 Å². The van der Waals surface area contributed by atoms with Gasteiger partial charge in [0.2, 0.25) is 0 Å². The summed E-state index contributed by atoms with van der Waals surface area (Å²) in [6.07, 6.45) is 3.25. The van der Waals surface area contributed by atoms with Gasteiger partial charge in [-0.25, -0.2) is 4.79 Å². The molecule has 0 spiro atoms. The second-order valence-electron chi connectivity index (χ2n) is 6.47. The van der Waals surface area contributed by atoms with Crippen molar-refractivity contribution in [3.8, 4) is 5.75 Å². The first-order chi connectivity index (χ1) is 11.9. The quantitative estimate of drug-likeness (QED) is 0.752. The summed E-state index contributed by atoms with van der Waals surface area (Å²) in [5.41, 5.74) is 0. The van der Waals surface area contributed by atoms with Crippen molar-refractivity contribution in [2.45, 2.75) is 39.2 Å². The van der Waals surface area contributed by atoms with Gasteiger partial charge in [0.1, 0.15) is 5.75 Å². The Morgan fingerprint density at radius 3 is 2.68 bits per heavy atom. The molecule has 1 fully saturated rings. The molecule has 7 heteroatoms. The molecule has 2 rings (SSSR count). The fourth-order valence-electron chi connectivity index (χ4n) is 2.95. The van der Waals surface area contributed by atoms with Crippen molar-refractivity contribution in [3.05, 3.63) is 28.2 Å². The summed E-state index contributed by atoms with van der Waals surface area (Å²) >= 11 is 11.7. The fourth-order valence-corrected chi connectivity index (χ4v) is 3.41. The number of benzene rings is 1. The lowest BCUT2D eigenvalue weighted by Crippen LogP contribution is -2.45. The third-order valence-corrected chi connectivity index (χ3v) is 5.19. The molecule has 138 valence electrons. The van der Waals surface area contributed by atoms with Crippen LogP contribution in [-0.2, 0) is 14.3 Å². The smallest absolute Gasteiger partial charge is 0.344 e. The van der Waals surface area contributed by atoms with Crippen LogP contribution in [-0.4, -0.2) is 31.1 Å². The first kappa shape index (κ1) is 19.9. The van der Waals surface area contributed by atoms with E-state index in [-0.39, 0.29) is 25.2 Å². The van der Waals surface area contributed by atoms with E-state index >= 15 is 0 Å². The zero-order valence-corrected chi connectivity index (χ0v) is 15.9. The van der Waals surface area contributed by atoms with Gasteiger partial charge in [-0.05, 0) is 36.5 Å². The molecule has 1 aromatic carbocycles. The molecular weight excluding hydrogens is 365 g/mol. The zero-order chi connectivity index (χ0) is 18.4. The highest BCUT2D eigenvalue weighted by Crippen LogP contribution is 2.29. The number of nitrogens with one attached hydrogen (secondary N) is 1. The summed E-state index contributed by atoms with van der Waals surface area (Å²) in [5.74, 6) is 0.412. The molecule has 1 aliphatic rings. The Kier molecular flexibility index (Phi) is 7.38. The van der Waals surface area contributed by atoms with Crippen LogP contribution in [0.1, 0.15) is 33.1 Å². The maximum absolute atomic E-state index is 12.0. The van der Waals surface area contributed by atoms with Gasteiger partial charge in [-0.15, -0.1) is 0 Å². The van der Waals surface area contributed by atoms with E-state index in [1.807, 2.05) is 0 Å². The minimum absolute atomic E-state index is 0.138. The zero-order valence-electron chi connectivity index (χ0n) is 14.4. The molecule has 5 nitrogen and oxygen atoms in total. The van der Waals surface area contributed by atoms with Gasteiger partial charge in [0, 0.05) is 11.1 Å². The standard InChI is InChI=1S/C18H23Cl2NO4/c1-11-4-3-5-15(12(11)2)21-17(22)9-25-18(23)10-24-16-7-6-13(19)8-14(16)20/h6-8,11-12,15H,3-5,9-10H2,1-2H3,(H,21,22)/t11-,12+,15+/m0/s1. The molecule has 0 unspecified atom stereocenters. The van der Waals surface area contributed by atoms with E-state index in [0.717, 1.165) is 12.8 Å². The predicted molar refractivity (Wildman–Crippen MR) is 97.0 cm³/mol. The molecule has 0 aromatic heterocycles. The second-order valence-corrected chi connectivity index (χ2v) is 7.31. The first-order valence-electron chi connectivity index (χ1n) is 8.39. The van der Waals surface area contributed by atoms with E-state index in [2.05, 4.69) is 19.2 Å². The largest absolute Gasteiger partial charge is 0.480 e. The van der Waals surface area contributed by atoms with Crippen molar-refractivity contribution >= 4 is 35.1 Å². The minimum Gasteiger partial charge on any atom is -0.480 e. The average Bonchev–Trinajstić information content (AvgIpc) is 2.56. The highest BCUT2D eigenvalue weighted by molar-refractivity contribution is 6.35. The molecule has 1 N–H and O–H groups in total. The third-order valence-electron chi connectivity index (χ3n) is 4.66. The van der Waals surface area contributed by atoms with Crippen LogP contribution >= 0.6 is 23.2 Å². The van der Waals surface area contributed by atoms with Gasteiger partial charge < -0.3 is 14.8 Å². The molecule has 1 aromatic rings. The van der Waals surface area contributed by atoms with E-state index in [9.17, 15) is 9.59 Å². The number of carbonyl (C=O) groups is 2. The number of esters is 1. The van der Waals surface area contributed by atoms with E-state index in [1.165, 1.54) is 12.5 Å². The normalized spacial score (nSPS) is 23.0. The number of hydrogen-bond donors (Lipinski definition) is 1. The SMILES string of the molecule is C[C@@H]1[C@@H](C)CCC[C@H]1NC(=O)COC(=O)COc1ccc(Cl)cc1Cl. The first-order valence-corrected chi connectivity index (χ1v) is 9.15. The van der Waals surface area contributed by atoms with Crippen LogP contribution in [0.4, 0.5) is 0 Å². The molecule has 1 amide bonds. The van der Waals surface area contributed by atoms with Crippen molar-refractivity contribution in [2.24, 2.45) is 11.8 Å². The summed E-state index contributed by atoms with van der Waals surface area (Å²) in [4.78, 5) is 23.7. The van der Waals surface area contributed by atoms with Crippen molar-refractivity contribution in [1.82, 2.24) is 5.32 Å². The lowest BCUT2D eigenvalue weighted by atomic mass is 9.78. The van der Waals surface area contributed by atoms with Gasteiger partial charge in [0.15, 0.2) is 13.2 Å². The number of ether oxygens (including phenoxy) is 2. The number of amides is 1. The van der Waals surface area contributed by atoms with Crippen LogP contribution in [0, 0.1) is 11.8 Å². The number of carbonyl (C=O) groups excluding carboxylic acids is 2. The topological polar surface area (TPSA) is 64.6 Å². The molecule has 0 bridgehead atoms. The summed E-state index contributed by atoms with van der Waals surface area (Å²) in [7, 11) is 0. The molecule has 25 heavy (non-hydrogen) atoms. The van der Waals surface area contributed by atoms with Crippen molar-refractivity contribution in [2.75, 3.05) is 13.2 Å². The summed E-state index contributed by atoms with van der Waals surface area (Å²) < 4.78 is 10.2. The number of halogens is 2. The van der Waals surface area contributed by atoms with Crippen LogP contribution in [0.2, 0.25) is 10.0 Å². The summed E-state index contributed by atoms with van der Waals surface area (Å²) in [6, 6.07) is 4.83. The maximum atomic E-state index is 12.0. The average molecular weight is 388 g/mol. The molecule has 3 atom stereocenters. The molecule has 0 saturated heterocycles. The Balaban J connectivity index is 1.71. The molecule has 0 aliphatic heterocycles. The second kappa shape index (κ2) is 9.30. The molecular formula is C18H23Cl2NO4.